The number of esters is 3. The third kappa shape index (κ3) is 7.68. The van der Waals surface area contributed by atoms with Gasteiger partial charge in [0, 0.05) is 21.9 Å². The topological polar surface area (TPSA) is 135 Å². The molecule has 4 atom stereocenters. The van der Waals surface area contributed by atoms with Crippen LogP contribution < -0.4 is 4.90 Å². The second-order valence-electron chi connectivity index (χ2n) is 13.0. The first-order valence-electron chi connectivity index (χ1n) is 17.2. The first-order chi connectivity index (χ1) is 26.8. The quantitative estimate of drug-likeness (QED) is 0.0614. The minimum absolute atomic E-state index is 0.0756. The molecule has 0 N–H and O–H groups in total. The van der Waals surface area contributed by atoms with Crippen molar-refractivity contribution < 1.29 is 51.4 Å². The largest absolute Gasteiger partial charge is 0.459 e. The Bertz CT molecular complexity index is 2310. The summed E-state index contributed by atoms with van der Waals surface area (Å²) in [5, 5.41) is 11.9. The second kappa shape index (κ2) is 15.5. The number of rotatable bonds is 9. The molecule has 56 heavy (non-hydrogen) atoms. The summed E-state index contributed by atoms with van der Waals surface area (Å²) in [6.45, 7) is 2.89. The summed E-state index contributed by atoms with van der Waals surface area (Å²) >= 11 is 0.911. The molecule has 0 amide bonds. The molecule has 0 bridgehead atoms. The van der Waals surface area contributed by atoms with Crippen molar-refractivity contribution in [2.24, 2.45) is 0 Å². The van der Waals surface area contributed by atoms with E-state index < -0.39 is 77.1 Å². The Hall–Kier alpha value is -6.19. The Morgan fingerprint density at radius 3 is 1.86 bits per heavy atom. The highest BCUT2D eigenvalue weighted by atomic mass is 32.2. The number of hydrogen-bond acceptors (Lipinski definition) is 11. The fourth-order valence-corrected chi connectivity index (χ4v) is 7.83. The molecule has 1 saturated heterocycles. The molecule has 0 radical (unpaired) electrons. The van der Waals surface area contributed by atoms with Gasteiger partial charge in [-0.05, 0) is 67.4 Å². The Morgan fingerprint density at radius 1 is 0.786 bits per heavy atom. The summed E-state index contributed by atoms with van der Waals surface area (Å²) in [6, 6.07) is 28.5. The number of nitro benzene ring substituents is 1. The van der Waals surface area contributed by atoms with Crippen LogP contribution in [0.2, 0.25) is 0 Å². The zero-order valence-corrected chi connectivity index (χ0v) is 30.4. The SMILES string of the molecule is Cc1cc(C)c2c(c1)N([C@@H]1O[C@H](COC(=O)c3ccccc3)[C@@H](OC(=O)c3ccccc3)[C@H]1OC(=O)c1ccccc1)c1c(cc([N+](=O)[O-])cc1C(F)(F)F)S2. The third-order valence-electron chi connectivity index (χ3n) is 9.12. The average molecular weight is 785 g/mol. The molecule has 0 spiro atoms. The molecule has 0 aromatic heterocycles. The fraction of sp³-hybridized carbons (Fsp3) is 0.195. The van der Waals surface area contributed by atoms with Crippen LogP contribution in [0, 0.1) is 24.0 Å². The number of anilines is 2. The van der Waals surface area contributed by atoms with Crippen molar-refractivity contribution in [2.45, 2.75) is 54.4 Å². The molecule has 5 aromatic carbocycles. The van der Waals surface area contributed by atoms with E-state index in [2.05, 4.69) is 0 Å². The number of nitro groups is 1. The van der Waals surface area contributed by atoms with Gasteiger partial charge in [-0.25, -0.2) is 14.4 Å². The number of nitrogens with zero attached hydrogens (tertiary/aromatic N) is 2. The van der Waals surface area contributed by atoms with Crippen LogP contribution in [0.25, 0.3) is 0 Å². The van der Waals surface area contributed by atoms with Crippen LogP contribution in [-0.4, -0.2) is 54.0 Å². The van der Waals surface area contributed by atoms with Crippen LogP contribution in [-0.2, 0) is 25.1 Å². The molecular weight excluding hydrogens is 754 g/mol. The Labute approximate surface area is 322 Å². The molecule has 2 heterocycles. The highest BCUT2D eigenvalue weighted by Crippen LogP contribution is 2.57. The zero-order chi connectivity index (χ0) is 39.7. The van der Waals surface area contributed by atoms with Crippen molar-refractivity contribution in [1.29, 1.82) is 0 Å². The Balaban J connectivity index is 1.41. The maximum atomic E-state index is 15.1. The monoisotopic (exact) mass is 784 g/mol. The summed E-state index contributed by atoms with van der Waals surface area (Å²) < 4.78 is 69.6. The number of non-ortho nitro benzene ring substituents is 1. The first kappa shape index (κ1) is 38.1. The fourth-order valence-electron chi connectivity index (χ4n) is 6.64. The van der Waals surface area contributed by atoms with Gasteiger partial charge in [0.05, 0.1) is 38.6 Å². The van der Waals surface area contributed by atoms with Crippen molar-refractivity contribution >= 4 is 46.7 Å². The highest BCUT2D eigenvalue weighted by molar-refractivity contribution is 7.99. The lowest BCUT2D eigenvalue weighted by Crippen LogP contribution is -2.47. The van der Waals surface area contributed by atoms with E-state index in [1.54, 1.807) is 80.6 Å². The van der Waals surface area contributed by atoms with Crippen molar-refractivity contribution in [1.82, 2.24) is 0 Å². The summed E-state index contributed by atoms with van der Waals surface area (Å²) in [5.74, 6) is -2.57. The van der Waals surface area contributed by atoms with Crippen LogP contribution in [0.3, 0.4) is 0 Å². The van der Waals surface area contributed by atoms with E-state index in [9.17, 15) is 24.5 Å². The molecule has 0 saturated carbocycles. The Kier molecular flexibility index (Phi) is 10.6. The molecule has 15 heteroatoms. The maximum absolute atomic E-state index is 15.1. The van der Waals surface area contributed by atoms with Crippen LogP contribution in [0.1, 0.15) is 47.8 Å². The molecule has 0 unspecified atom stereocenters. The molecule has 7 rings (SSSR count). The van der Waals surface area contributed by atoms with Crippen molar-refractivity contribution in [3.05, 3.63) is 159 Å². The molecule has 5 aromatic rings. The summed E-state index contributed by atoms with van der Waals surface area (Å²) in [4.78, 5) is 53.3. The highest BCUT2D eigenvalue weighted by Gasteiger charge is 2.55. The smallest absolute Gasteiger partial charge is 0.418 e. The number of carbonyl (C=O) groups excluding carboxylic acids is 3. The van der Waals surface area contributed by atoms with E-state index in [0.29, 0.717) is 22.1 Å². The third-order valence-corrected chi connectivity index (χ3v) is 10.4. The van der Waals surface area contributed by atoms with Crippen LogP contribution in [0.4, 0.5) is 30.2 Å². The number of alkyl halides is 3. The van der Waals surface area contributed by atoms with Gasteiger partial charge < -0.3 is 23.8 Å². The van der Waals surface area contributed by atoms with Gasteiger partial charge in [-0.15, -0.1) is 0 Å². The maximum Gasteiger partial charge on any atom is 0.418 e. The predicted molar refractivity (Wildman–Crippen MR) is 197 cm³/mol. The van der Waals surface area contributed by atoms with Gasteiger partial charge in [0.15, 0.2) is 18.4 Å². The number of benzene rings is 5. The van der Waals surface area contributed by atoms with Gasteiger partial charge in [-0.3, -0.25) is 10.1 Å². The normalized spacial score (nSPS) is 18.7. The number of hydrogen-bond donors (Lipinski definition) is 0. The average Bonchev–Trinajstić information content (AvgIpc) is 3.51. The molecule has 1 fully saturated rings. The number of aryl methyl sites for hydroxylation is 2. The summed E-state index contributed by atoms with van der Waals surface area (Å²) in [7, 11) is 0. The van der Waals surface area contributed by atoms with Crippen molar-refractivity contribution in [2.75, 3.05) is 11.5 Å². The van der Waals surface area contributed by atoms with Crippen molar-refractivity contribution in [3.63, 3.8) is 0 Å². The van der Waals surface area contributed by atoms with Gasteiger partial charge in [-0.2, -0.15) is 13.2 Å². The standard InChI is InChI=1S/C41H31F3N2O9S/c1-23-18-24(2)36-30(19-23)45(33-29(41(42,43)44)20-28(46(50)51)21-32(33)56-36)37-35(55-40(49)27-16-10-5-11-17-27)34(54-39(48)26-14-8-4-9-15-26)31(53-37)22-52-38(47)25-12-6-3-7-13-25/h3-21,31,34-35,37H,22H2,1-2H3/t31-,34-,35-,37-/m1/s1. The van der Waals surface area contributed by atoms with Gasteiger partial charge in [0.2, 0.25) is 0 Å². The van der Waals surface area contributed by atoms with Crippen LogP contribution in [0.15, 0.2) is 125 Å². The summed E-state index contributed by atoms with van der Waals surface area (Å²) in [5.41, 5.74) is -0.793. The minimum Gasteiger partial charge on any atom is -0.459 e. The van der Waals surface area contributed by atoms with Crippen molar-refractivity contribution in [3.8, 4) is 0 Å². The molecular formula is C41H31F3N2O9S. The Morgan fingerprint density at radius 2 is 1.32 bits per heavy atom. The van der Waals surface area contributed by atoms with E-state index in [-0.39, 0.29) is 27.3 Å². The predicted octanol–water partition coefficient (Wildman–Crippen LogP) is 8.87. The van der Waals surface area contributed by atoms with Crippen LogP contribution in [0.5, 0.6) is 0 Å². The number of fused-ring (bicyclic) bond motifs is 2. The molecule has 0 aliphatic carbocycles. The number of carbonyl (C=O) groups is 3. The van der Waals surface area contributed by atoms with E-state index in [1.807, 2.05) is 0 Å². The molecule has 286 valence electrons. The lowest BCUT2D eigenvalue weighted by atomic mass is 10.0. The summed E-state index contributed by atoms with van der Waals surface area (Å²) in [6.07, 6.45) is -11.4. The minimum atomic E-state index is -5.12. The zero-order valence-electron chi connectivity index (χ0n) is 29.6. The second-order valence-corrected chi connectivity index (χ2v) is 14.1. The first-order valence-corrected chi connectivity index (χ1v) is 18.0. The van der Waals surface area contributed by atoms with E-state index >= 15 is 13.2 Å². The van der Waals surface area contributed by atoms with Crippen LogP contribution >= 0.6 is 11.8 Å². The van der Waals surface area contributed by atoms with Gasteiger partial charge in [-0.1, -0.05) is 72.4 Å². The van der Waals surface area contributed by atoms with E-state index in [0.717, 1.165) is 17.8 Å². The number of halogens is 3. The van der Waals surface area contributed by atoms with Gasteiger partial charge in [0.25, 0.3) is 5.69 Å². The van der Waals surface area contributed by atoms with Gasteiger partial charge >= 0.3 is 24.1 Å². The van der Waals surface area contributed by atoms with E-state index in [1.165, 1.54) is 41.3 Å². The molecule has 11 nitrogen and oxygen atoms in total. The molecule has 2 aliphatic heterocycles. The molecule has 2 aliphatic rings. The van der Waals surface area contributed by atoms with Gasteiger partial charge in [0.1, 0.15) is 12.7 Å². The number of ether oxygens (including phenoxy) is 4. The van der Waals surface area contributed by atoms with E-state index in [4.69, 9.17) is 18.9 Å². The lowest BCUT2D eigenvalue weighted by Gasteiger charge is -2.40. The lowest BCUT2D eigenvalue weighted by molar-refractivity contribution is -0.385.